The van der Waals surface area contributed by atoms with Crippen LogP contribution in [0.25, 0.3) is 0 Å². The molecule has 1 saturated carbocycles. The van der Waals surface area contributed by atoms with Crippen LogP contribution in [0, 0.1) is 0 Å². The summed E-state index contributed by atoms with van der Waals surface area (Å²) in [7, 11) is 1.57. The third-order valence-corrected chi connectivity index (χ3v) is 3.37. The predicted octanol–water partition coefficient (Wildman–Crippen LogP) is 2.04. The summed E-state index contributed by atoms with van der Waals surface area (Å²) >= 11 is 0. The van der Waals surface area contributed by atoms with Crippen LogP contribution in [-0.2, 0) is 0 Å². The van der Waals surface area contributed by atoms with E-state index in [4.69, 9.17) is 9.47 Å². The Balaban J connectivity index is 2.17. The van der Waals surface area contributed by atoms with Crippen molar-refractivity contribution in [1.29, 1.82) is 0 Å². The molecule has 2 unspecified atom stereocenters. The minimum Gasteiger partial charge on any atom is -0.493 e. The number of methoxy groups -OCH3 is 1. The number of rotatable bonds is 4. The van der Waals surface area contributed by atoms with Gasteiger partial charge in [0.1, 0.15) is 6.10 Å². The first-order valence-corrected chi connectivity index (χ1v) is 6.32. The van der Waals surface area contributed by atoms with Crippen molar-refractivity contribution in [2.24, 2.45) is 0 Å². The third kappa shape index (κ3) is 2.76. The molecule has 4 heteroatoms. The van der Waals surface area contributed by atoms with E-state index in [1.54, 1.807) is 26.2 Å². The van der Waals surface area contributed by atoms with Gasteiger partial charge in [-0.2, -0.15) is 0 Å². The summed E-state index contributed by atoms with van der Waals surface area (Å²) in [5.41, 5.74) is 0.783. The highest BCUT2D eigenvalue weighted by Crippen LogP contribution is 2.33. The monoisotopic (exact) mass is 252 g/mol. The van der Waals surface area contributed by atoms with E-state index < -0.39 is 12.2 Å². The number of ether oxygens (including phenoxy) is 2. The highest BCUT2D eigenvalue weighted by molar-refractivity contribution is 5.43. The van der Waals surface area contributed by atoms with Gasteiger partial charge in [-0.25, -0.2) is 0 Å². The van der Waals surface area contributed by atoms with Crippen molar-refractivity contribution in [2.75, 3.05) is 7.11 Å². The van der Waals surface area contributed by atoms with Gasteiger partial charge in [-0.3, -0.25) is 0 Å². The minimum atomic E-state index is -0.537. The zero-order valence-electron chi connectivity index (χ0n) is 10.8. The molecule has 18 heavy (non-hydrogen) atoms. The summed E-state index contributed by atoms with van der Waals surface area (Å²) < 4.78 is 11.1. The zero-order valence-corrected chi connectivity index (χ0v) is 10.8. The highest BCUT2D eigenvalue weighted by atomic mass is 16.5. The number of aliphatic hydroxyl groups is 2. The molecule has 1 fully saturated rings. The van der Waals surface area contributed by atoms with Crippen molar-refractivity contribution < 1.29 is 19.7 Å². The second kappa shape index (κ2) is 5.59. The fourth-order valence-electron chi connectivity index (χ4n) is 2.25. The molecule has 1 aromatic rings. The van der Waals surface area contributed by atoms with E-state index in [2.05, 4.69) is 0 Å². The van der Waals surface area contributed by atoms with Gasteiger partial charge >= 0.3 is 0 Å². The van der Waals surface area contributed by atoms with Gasteiger partial charge in [0.25, 0.3) is 0 Å². The number of aliphatic hydroxyl groups excluding tert-OH is 2. The predicted molar refractivity (Wildman–Crippen MR) is 67.9 cm³/mol. The second-order valence-electron chi connectivity index (χ2n) is 4.74. The van der Waals surface area contributed by atoms with Gasteiger partial charge < -0.3 is 19.7 Å². The summed E-state index contributed by atoms with van der Waals surface area (Å²) in [6.45, 7) is 1.70. The highest BCUT2D eigenvalue weighted by Gasteiger charge is 2.27. The molecular formula is C14H20O4. The standard InChI is InChI=1S/C14H20O4/c1-9(15)10-6-7-13(14(8-10)17-2)18-12-5-3-4-11(12)16/h6-9,11-12,15-16H,3-5H2,1-2H3/t9-,11?,12?/m1/s1. The van der Waals surface area contributed by atoms with E-state index in [1.807, 2.05) is 6.07 Å². The van der Waals surface area contributed by atoms with E-state index >= 15 is 0 Å². The fraction of sp³-hybridized carbons (Fsp3) is 0.571. The fourth-order valence-corrected chi connectivity index (χ4v) is 2.25. The Bertz CT molecular complexity index is 403. The lowest BCUT2D eigenvalue weighted by molar-refractivity contribution is 0.0585. The van der Waals surface area contributed by atoms with Gasteiger partial charge in [0.15, 0.2) is 11.5 Å². The molecule has 1 aromatic carbocycles. The number of benzene rings is 1. The zero-order chi connectivity index (χ0) is 13.1. The Labute approximate surface area is 107 Å². The van der Waals surface area contributed by atoms with Crippen LogP contribution >= 0.6 is 0 Å². The van der Waals surface area contributed by atoms with Gasteiger partial charge in [0.05, 0.1) is 19.3 Å². The summed E-state index contributed by atoms with van der Waals surface area (Å²) in [5.74, 6) is 1.21. The second-order valence-corrected chi connectivity index (χ2v) is 4.74. The molecule has 100 valence electrons. The van der Waals surface area contributed by atoms with Gasteiger partial charge in [-0.15, -0.1) is 0 Å². The molecule has 1 aliphatic carbocycles. The van der Waals surface area contributed by atoms with Crippen LogP contribution in [-0.4, -0.2) is 29.5 Å². The smallest absolute Gasteiger partial charge is 0.161 e. The van der Waals surface area contributed by atoms with Crippen molar-refractivity contribution in [2.45, 2.75) is 44.5 Å². The summed E-state index contributed by atoms with van der Waals surface area (Å²) in [6, 6.07) is 5.36. The van der Waals surface area contributed by atoms with Crippen molar-refractivity contribution in [3.05, 3.63) is 23.8 Å². The third-order valence-electron chi connectivity index (χ3n) is 3.37. The molecule has 2 rings (SSSR count). The van der Waals surface area contributed by atoms with Gasteiger partial charge in [0.2, 0.25) is 0 Å². The van der Waals surface area contributed by atoms with E-state index in [9.17, 15) is 10.2 Å². The molecule has 4 nitrogen and oxygen atoms in total. The molecule has 0 radical (unpaired) electrons. The quantitative estimate of drug-likeness (QED) is 0.861. The Morgan fingerprint density at radius 1 is 1.28 bits per heavy atom. The molecule has 0 amide bonds. The van der Waals surface area contributed by atoms with Crippen LogP contribution in [0.15, 0.2) is 18.2 Å². The first-order valence-electron chi connectivity index (χ1n) is 6.32. The minimum absolute atomic E-state index is 0.156. The first-order chi connectivity index (χ1) is 8.61. The van der Waals surface area contributed by atoms with Crippen molar-refractivity contribution in [1.82, 2.24) is 0 Å². The maximum Gasteiger partial charge on any atom is 0.161 e. The van der Waals surface area contributed by atoms with Gasteiger partial charge in [-0.05, 0) is 43.9 Å². The number of hydrogen-bond acceptors (Lipinski definition) is 4. The van der Waals surface area contributed by atoms with Crippen molar-refractivity contribution in [3.63, 3.8) is 0 Å². The maximum absolute atomic E-state index is 9.75. The van der Waals surface area contributed by atoms with Crippen molar-refractivity contribution in [3.8, 4) is 11.5 Å². The molecular weight excluding hydrogens is 232 g/mol. The lowest BCUT2D eigenvalue weighted by Crippen LogP contribution is -2.25. The average molecular weight is 252 g/mol. The van der Waals surface area contributed by atoms with Crippen LogP contribution in [0.3, 0.4) is 0 Å². The van der Waals surface area contributed by atoms with Crippen LogP contribution in [0.1, 0.15) is 37.9 Å². The molecule has 0 bridgehead atoms. The van der Waals surface area contributed by atoms with E-state index in [0.29, 0.717) is 11.5 Å². The summed E-state index contributed by atoms with van der Waals surface area (Å²) in [6.07, 6.45) is 1.55. The Kier molecular flexibility index (Phi) is 4.09. The Morgan fingerprint density at radius 2 is 2.06 bits per heavy atom. The van der Waals surface area contributed by atoms with Crippen LogP contribution < -0.4 is 9.47 Å². The lowest BCUT2D eigenvalue weighted by atomic mass is 10.1. The molecule has 0 aromatic heterocycles. The molecule has 3 atom stereocenters. The van der Waals surface area contributed by atoms with Gasteiger partial charge in [0, 0.05) is 0 Å². The topological polar surface area (TPSA) is 58.9 Å². The van der Waals surface area contributed by atoms with E-state index in [1.165, 1.54) is 0 Å². The number of hydrogen-bond donors (Lipinski definition) is 2. The summed E-state index contributed by atoms with van der Waals surface area (Å²) in [5, 5.41) is 19.3. The Hall–Kier alpha value is -1.26. The normalized spacial score (nSPS) is 24.9. The van der Waals surface area contributed by atoms with Crippen LogP contribution in [0.5, 0.6) is 11.5 Å². The average Bonchev–Trinajstić information content (AvgIpc) is 2.75. The molecule has 2 N–H and O–H groups in total. The lowest BCUT2D eigenvalue weighted by Gasteiger charge is -2.19. The molecule has 0 saturated heterocycles. The molecule has 0 heterocycles. The first kappa shape index (κ1) is 13.2. The molecule has 0 spiro atoms. The maximum atomic E-state index is 9.75. The van der Waals surface area contributed by atoms with Crippen molar-refractivity contribution >= 4 is 0 Å². The van der Waals surface area contributed by atoms with Crippen LogP contribution in [0.4, 0.5) is 0 Å². The molecule has 1 aliphatic rings. The SMILES string of the molecule is COc1cc([C@@H](C)O)ccc1OC1CCCC1O. The van der Waals surface area contributed by atoms with Gasteiger partial charge in [-0.1, -0.05) is 6.07 Å². The van der Waals surface area contributed by atoms with E-state index in [-0.39, 0.29) is 6.10 Å². The molecule has 0 aliphatic heterocycles. The summed E-state index contributed by atoms with van der Waals surface area (Å²) in [4.78, 5) is 0. The largest absolute Gasteiger partial charge is 0.493 e. The Morgan fingerprint density at radius 3 is 2.61 bits per heavy atom. The van der Waals surface area contributed by atoms with Crippen LogP contribution in [0.2, 0.25) is 0 Å². The van der Waals surface area contributed by atoms with E-state index in [0.717, 1.165) is 24.8 Å².